The van der Waals surface area contributed by atoms with Crippen LogP contribution in [0.3, 0.4) is 0 Å². The Hall–Kier alpha value is -2.85. The fourth-order valence-corrected chi connectivity index (χ4v) is 2.66. The third-order valence-corrected chi connectivity index (χ3v) is 3.95. The highest BCUT2D eigenvalue weighted by molar-refractivity contribution is 6.30. The summed E-state index contributed by atoms with van der Waals surface area (Å²) in [5.74, 6) is 0.0173. The maximum Gasteiger partial charge on any atom is 0.343 e. The molecule has 1 aromatic heterocycles. The monoisotopic (exact) mass is 352 g/mol. The number of allylic oxidation sites excluding steroid dienone is 1. The molecule has 0 atom stereocenters. The van der Waals surface area contributed by atoms with Gasteiger partial charge in [-0.2, -0.15) is 0 Å². The molecule has 1 heterocycles. The number of hydrogen-bond acceptors (Lipinski definition) is 3. The minimum atomic E-state index is -0.456. The normalized spacial score (nSPS) is 10.5. The van der Waals surface area contributed by atoms with Crippen LogP contribution in [0.4, 0.5) is 0 Å². The van der Waals surface area contributed by atoms with Crippen molar-refractivity contribution in [3.05, 3.63) is 89.5 Å². The van der Waals surface area contributed by atoms with Gasteiger partial charge in [0.05, 0.1) is 11.9 Å². The van der Waals surface area contributed by atoms with Crippen molar-refractivity contribution in [3.63, 3.8) is 0 Å². The lowest BCUT2D eigenvalue weighted by Crippen LogP contribution is -2.10. The van der Waals surface area contributed by atoms with Gasteiger partial charge in [-0.3, -0.25) is 0 Å². The first kappa shape index (κ1) is 17.0. The van der Waals surface area contributed by atoms with Crippen molar-refractivity contribution in [3.8, 4) is 5.75 Å². The lowest BCUT2D eigenvalue weighted by Gasteiger charge is -2.14. The topological polar surface area (TPSA) is 44.1 Å². The molecule has 0 saturated heterocycles. The van der Waals surface area contributed by atoms with E-state index in [1.807, 2.05) is 29.8 Å². The molecule has 0 fully saturated rings. The summed E-state index contributed by atoms with van der Waals surface area (Å²) in [6.07, 6.45) is 5.29. The second-order valence-corrected chi connectivity index (χ2v) is 6.17. The third kappa shape index (κ3) is 4.17. The van der Waals surface area contributed by atoms with Gasteiger partial charge >= 0.3 is 5.97 Å². The van der Waals surface area contributed by atoms with Crippen LogP contribution in [0.2, 0.25) is 5.02 Å². The smallest absolute Gasteiger partial charge is 0.343 e. The predicted molar refractivity (Wildman–Crippen MR) is 98.9 cm³/mol. The lowest BCUT2D eigenvalue weighted by atomic mass is 10.0. The second-order valence-electron chi connectivity index (χ2n) is 5.74. The number of aryl methyl sites for hydroxylation is 1. The summed E-state index contributed by atoms with van der Waals surface area (Å²) < 4.78 is 7.51. The summed E-state index contributed by atoms with van der Waals surface area (Å²) in [6.45, 7) is 6.68. The zero-order chi connectivity index (χ0) is 17.8. The minimum absolute atomic E-state index is 0.402. The zero-order valence-electron chi connectivity index (χ0n) is 13.8. The van der Waals surface area contributed by atoms with Gasteiger partial charge in [-0.25, -0.2) is 9.78 Å². The SMILES string of the molecule is C=C(Cn1ccnc1)c1cc(C)ccc1OC(=O)c1cccc(Cl)c1. The van der Waals surface area contributed by atoms with E-state index >= 15 is 0 Å². The molecule has 0 aliphatic rings. The number of nitrogens with zero attached hydrogens (tertiary/aromatic N) is 2. The summed E-state index contributed by atoms with van der Waals surface area (Å²) >= 11 is 5.94. The second kappa shape index (κ2) is 7.36. The van der Waals surface area contributed by atoms with E-state index in [-0.39, 0.29) is 0 Å². The first-order chi connectivity index (χ1) is 12.0. The summed E-state index contributed by atoms with van der Waals surface area (Å²) in [7, 11) is 0. The number of rotatable bonds is 5. The van der Waals surface area contributed by atoms with Gasteiger partial charge in [-0.05, 0) is 42.8 Å². The van der Waals surface area contributed by atoms with Crippen molar-refractivity contribution in [2.24, 2.45) is 0 Å². The molecule has 0 aliphatic carbocycles. The molecule has 2 aromatic carbocycles. The van der Waals surface area contributed by atoms with E-state index < -0.39 is 5.97 Å². The van der Waals surface area contributed by atoms with Gasteiger partial charge in [0.25, 0.3) is 0 Å². The Morgan fingerprint density at radius 1 is 1.28 bits per heavy atom. The van der Waals surface area contributed by atoms with Crippen LogP contribution in [-0.4, -0.2) is 15.5 Å². The molecule has 25 heavy (non-hydrogen) atoms. The van der Waals surface area contributed by atoms with E-state index in [9.17, 15) is 4.79 Å². The summed E-state index contributed by atoms with van der Waals surface area (Å²) in [5, 5.41) is 0.489. The first-order valence-electron chi connectivity index (χ1n) is 7.75. The van der Waals surface area contributed by atoms with Crippen molar-refractivity contribution in [1.29, 1.82) is 0 Å². The minimum Gasteiger partial charge on any atom is -0.422 e. The molecule has 4 nitrogen and oxygen atoms in total. The predicted octanol–water partition coefficient (Wildman–Crippen LogP) is 4.78. The van der Waals surface area contributed by atoms with Crippen LogP contribution < -0.4 is 4.74 Å². The maximum atomic E-state index is 12.4. The van der Waals surface area contributed by atoms with E-state index in [2.05, 4.69) is 11.6 Å². The lowest BCUT2D eigenvalue weighted by molar-refractivity contribution is 0.0734. The van der Waals surface area contributed by atoms with E-state index in [1.165, 1.54) is 0 Å². The Morgan fingerprint density at radius 3 is 2.84 bits per heavy atom. The van der Waals surface area contributed by atoms with Crippen LogP contribution in [0.1, 0.15) is 21.5 Å². The molecular weight excluding hydrogens is 336 g/mol. The standard InChI is InChI=1S/C20H17ClN2O2/c1-14-6-7-19(25-20(24)16-4-3-5-17(21)11-16)18(10-14)15(2)12-23-9-8-22-13-23/h3-11,13H,2,12H2,1H3. The molecule has 0 radical (unpaired) electrons. The van der Waals surface area contributed by atoms with E-state index in [0.717, 1.165) is 16.7 Å². The number of carbonyl (C=O) groups is 1. The van der Waals surface area contributed by atoms with Gasteiger partial charge in [-0.15, -0.1) is 0 Å². The van der Waals surface area contributed by atoms with Gasteiger partial charge in [0.2, 0.25) is 0 Å². The average Bonchev–Trinajstić information content (AvgIpc) is 3.09. The maximum absolute atomic E-state index is 12.4. The fraction of sp³-hybridized carbons (Fsp3) is 0.100. The van der Waals surface area contributed by atoms with Crippen LogP contribution in [-0.2, 0) is 6.54 Å². The first-order valence-corrected chi connectivity index (χ1v) is 8.13. The number of halogens is 1. The Labute approximate surface area is 151 Å². The number of carbonyl (C=O) groups excluding carboxylic acids is 1. The number of benzene rings is 2. The molecule has 0 N–H and O–H groups in total. The zero-order valence-corrected chi connectivity index (χ0v) is 14.5. The molecule has 0 saturated carbocycles. The van der Waals surface area contributed by atoms with Crippen LogP contribution in [0.15, 0.2) is 67.8 Å². The van der Waals surface area contributed by atoms with E-state index in [1.54, 1.807) is 42.9 Å². The molecule has 0 unspecified atom stereocenters. The molecule has 0 aliphatic heterocycles. The van der Waals surface area contributed by atoms with Crippen molar-refractivity contribution >= 4 is 23.1 Å². The fourth-order valence-electron chi connectivity index (χ4n) is 2.47. The quantitative estimate of drug-likeness (QED) is 0.490. The van der Waals surface area contributed by atoms with Gasteiger partial charge in [-0.1, -0.05) is 35.9 Å². The summed E-state index contributed by atoms with van der Waals surface area (Å²) in [6, 6.07) is 12.3. The van der Waals surface area contributed by atoms with Gasteiger partial charge in [0, 0.05) is 29.5 Å². The molecule has 5 heteroatoms. The highest BCUT2D eigenvalue weighted by atomic mass is 35.5. The van der Waals surface area contributed by atoms with E-state index in [4.69, 9.17) is 16.3 Å². The van der Waals surface area contributed by atoms with Crippen molar-refractivity contribution in [2.75, 3.05) is 0 Å². The molecule has 0 spiro atoms. The Bertz CT molecular complexity index is 917. The Morgan fingerprint density at radius 2 is 2.12 bits per heavy atom. The van der Waals surface area contributed by atoms with Crippen LogP contribution in [0.25, 0.3) is 5.57 Å². The number of aromatic nitrogens is 2. The number of hydrogen-bond donors (Lipinski definition) is 0. The average molecular weight is 353 g/mol. The molecular formula is C20H17ClN2O2. The molecule has 126 valence electrons. The number of esters is 1. The number of imidazole rings is 1. The number of ether oxygens (including phenoxy) is 1. The molecule has 0 amide bonds. The van der Waals surface area contributed by atoms with E-state index in [0.29, 0.717) is 22.9 Å². The van der Waals surface area contributed by atoms with Gasteiger partial charge in [0.1, 0.15) is 5.75 Å². The van der Waals surface area contributed by atoms with Crippen LogP contribution in [0, 0.1) is 6.92 Å². The Balaban J connectivity index is 1.86. The van der Waals surface area contributed by atoms with Crippen molar-refractivity contribution in [1.82, 2.24) is 9.55 Å². The highest BCUT2D eigenvalue weighted by Crippen LogP contribution is 2.28. The van der Waals surface area contributed by atoms with Crippen molar-refractivity contribution < 1.29 is 9.53 Å². The molecule has 3 aromatic rings. The van der Waals surface area contributed by atoms with Crippen LogP contribution in [0.5, 0.6) is 5.75 Å². The largest absolute Gasteiger partial charge is 0.422 e. The molecule has 3 rings (SSSR count). The molecule has 0 bridgehead atoms. The Kier molecular flexibility index (Phi) is 5.00. The van der Waals surface area contributed by atoms with Crippen molar-refractivity contribution in [2.45, 2.75) is 13.5 Å². The van der Waals surface area contributed by atoms with Gasteiger partial charge < -0.3 is 9.30 Å². The van der Waals surface area contributed by atoms with Crippen LogP contribution >= 0.6 is 11.6 Å². The summed E-state index contributed by atoms with van der Waals surface area (Å²) in [5.41, 5.74) is 3.09. The third-order valence-electron chi connectivity index (χ3n) is 3.71. The highest BCUT2D eigenvalue weighted by Gasteiger charge is 2.14. The van der Waals surface area contributed by atoms with Gasteiger partial charge in [0.15, 0.2) is 0 Å². The summed E-state index contributed by atoms with van der Waals surface area (Å²) in [4.78, 5) is 16.4.